The SMILES string of the molecule is CC(=O)SCC(=O)NCCCCCC(=O)Nc1cccc2ccccc12. The molecule has 6 heteroatoms. The van der Waals surface area contributed by atoms with Crippen LogP contribution < -0.4 is 10.6 Å². The number of rotatable bonds is 9. The normalized spacial score (nSPS) is 10.5. The predicted molar refractivity (Wildman–Crippen MR) is 107 cm³/mol. The van der Waals surface area contributed by atoms with Crippen molar-refractivity contribution in [3.63, 3.8) is 0 Å². The number of nitrogens with one attached hydrogen (secondary N) is 2. The summed E-state index contributed by atoms with van der Waals surface area (Å²) in [5.41, 5.74) is 0.836. The number of thioether (sulfide) groups is 1. The van der Waals surface area contributed by atoms with Crippen molar-refractivity contribution in [1.82, 2.24) is 5.32 Å². The van der Waals surface area contributed by atoms with Gasteiger partial charge in [0.2, 0.25) is 11.8 Å². The minimum Gasteiger partial charge on any atom is -0.355 e. The number of benzene rings is 2. The molecule has 5 nitrogen and oxygen atoms in total. The van der Waals surface area contributed by atoms with Gasteiger partial charge in [-0.05, 0) is 24.3 Å². The molecule has 26 heavy (non-hydrogen) atoms. The Balaban J connectivity index is 1.63. The summed E-state index contributed by atoms with van der Waals surface area (Å²) >= 11 is 1.01. The Kier molecular flexibility index (Phi) is 8.15. The van der Waals surface area contributed by atoms with Gasteiger partial charge in [-0.25, -0.2) is 0 Å². The number of unbranched alkanes of at least 4 members (excludes halogenated alkanes) is 2. The van der Waals surface area contributed by atoms with E-state index in [1.54, 1.807) is 0 Å². The number of fused-ring (bicyclic) bond motifs is 1. The summed E-state index contributed by atoms with van der Waals surface area (Å²) in [5, 5.41) is 7.83. The van der Waals surface area contributed by atoms with Crippen LogP contribution in [0.2, 0.25) is 0 Å². The zero-order valence-corrected chi connectivity index (χ0v) is 15.7. The Morgan fingerprint density at radius 3 is 2.50 bits per heavy atom. The molecular formula is C20H24N2O3S. The van der Waals surface area contributed by atoms with Crippen LogP contribution in [0.1, 0.15) is 32.6 Å². The maximum absolute atomic E-state index is 12.1. The first-order valence-corrected chi connectivity index (χ1v) is 9.72. The zero-order valence-electron chi connectivity index (χ0n) is 14.9. The fraction of sp³-hybridized carbons (Fsp3) is 0.350. The van der Waals surface area contributed by atoms with Crippen LogP contribution in [-0.4, -0.2) is 29.2 Å². The highest BCUT2D eigenvalue weighted by Crippen LogP contribution is 2.23. The first kappa shape index (κ1) is 20.0. The van der Waals surface area contributed by atoms with Gasteiger partial charge in [-0.2, -0.15) is 0 Å². The summed E-state index contributed by atoms with van der Waals surface area (Å²) in [6.07, 6.45) is 2.91. The van der Waals surface area contributed by atoms with Crippen LogP contribution in [0.15, 0.2) is 42.5 Å². The van der Waals surface area contributed by atoms with Crippen molar-refractivity contribution in [3.05, 3.63) is 42.5 Å². The Morgan fingerprint density at radius 2 is 1.69 bits per heavy atom. The van der Waals surface area contributed by atoms with E-state index in [1.165, 1.54) is 6.92 Å². The first-order chi connectivity index (χ1) is 12.6. The molecule has 2 N–H and O–H groups in total. The second kappa shape index (κ2) is 10.6. The third-order valence-electron chi connectivity index (χ3n) is 3.87. The molecule has 0 heterocycles. The van der Waals surface area contributed by atoms with Gasteiger partial charge in [0, 0.05) is 31.0 Å². The largest absolute Gasteiger partial charge is 0.355 e. The molecule has 0 aromatic heterocycles. The Bertz CT molecular complexity index is 771. The summed E-state index contributed by atoms with van der Waals surface area (Å²) in [6, 6.07) is 13.8. The van der Waals surface area contributed by atoms with Crippen LogP contribution in [0.4, 0.5) is 5.69 Å². The van der Waals surface area contributed by atoms with E-state index in [1.807, 2.05) is 42.5 Å². The molecule has 0 unspecified atom stereocenters. The fourth-order valence-electron chi connectivity index (χ4n) is 2.58. The molecule has 0 aliphatic heterocycles. The van der Waals surface area contributed by atoms with Crippen molar-refractivity contribution < 1.29 is 14.4 Å². The minimum atomic E-state index is -0.126. The molecule has 138 valence electrons. The van der Waals surface area contributed by atoms with Crippen LogP contribution in [0, 0.1) is 0 Å². The van der Waals surface area contributed by atoms with Crippen molar-refractivity contribution in [3.8, 4) is 0 Å². The number of anilines is 1. The predicted octanol–water partition coefficient (Wildman–Crippen LogP) is 3.73. The number of amides is 2. The quantitative estimate of drug-likeness (QED) is 0.658. The van der Waals surface area contributed by atoms with Crippen LogP contribution in [0.25, 0.3) is 10.8 Å². The van der Waals surface area contributed by atoms with E-state index in [0.717, 1.165) is 47.5 Å². The molecule has 0 aliphatic carbocycles. The molecular weight excluding hydrogens is 348 g/mol. The lowest BCUT2D eigenvalue weighted by Crippen LogP contribution is -2.26. The summed E-state index contributed by atoms with van der Waals surface area (Å²) in [4.78, 5) is 34.4. The van der Waals surface area contributed by atoms with Gasteiger partial charge in [0.25, 0.3) is 0 Å². The van der Waals surface area contributed by atoms with Gasteiger partial charge >= 0.3 is 0 Å². The lowest BCUT2D eigenvalue weighted by atomic mass is 10.1. The van der Waals surface area contributed by atoms with Gasteiger partial charge in [0.05, 0.1) is 5.75 Å². The average molecular weight is 372 g/mol. The van der Waals surface area contributed by atoms with E-state index in [2.05, 4.69) is 10.6 Å². The summed E-state index contributed by atoms with van der Waals surface area (Å²) in [5.74, 6) is 0.0464. The van der Waals surface area contributed by atoms with Crippen LogP contribution in [-0.2, 0) is 14.4 Å². The second-order valence-electron chi connectivity index (χ2n) is 6.02. The van der Waals surface area contributed by atoms with Gasteiger partial charge in [0.15, 0.2) is 5.12 Å². The van der Waals surface area contributed by atoms with E-state index in [0.29, 0.717) is 13.0 Å². The summed E-state index contributed by atoms with van der Waals surface area (Å²) < 4.78 is 0. The Morgan fingerprint density at radius 1 is 0.923 bits per heavy atom. The molecule has 0 saturated heterocycles. The highest BCUT2D eigenvalue weighted by molar-refractivity contribution is 8.14. The van der Waals surface area contributed by atoms with Crippen molar-refractivity contribution in [1.29, 1.82) is 0 Å². The van der Waals surface area contributed by atoms with Gasteiger partial charge in [-0.15, -0.1) is 0 Å². The molecule has 0 bridgehead atoms. The highest BCUT2D eigenvalue weighted by atomic mass is 32.2. The molecule has 2 aromatic rings. The van der Waals surface area contributed by atoms with Gasteiger partial charge in [-0.3, -0.25) is 14.4 Å². The van der Waals surface area contributed by atoms with E-state index >= 15 is 0 Å². The molecule has 0 atom stereocenters. The van der Waals surface area contributed by atoms with E-state index < -0.39 is 0 Å². The Labute approximate surface area is 157 Å². The molecule has 2 amide bonds. The van der Waals surface area contributed by atoms with E-state index in [9.17, 15) is 14.4 Å². The smallest absolute Gasteiger partial charge is 0.230 e. The van der Waals surface area contributed by atoms with Crippen LogP contribution in [0.5, 0.6) is 0 Å². The zero-order chi connectivity index (χ0) is 18.8. The molecule has 0 spiro atoms. The van der Waals surface area contributed by atoms with E-state index in [4.69, 9.17) is 0 Å². The van der Waals surface area contributed by atoms with Crippen LogP contribution >= 0.6 is 11.8 Å². The summed E-state index contributed by atoms with van der Waals surface area (Å²) in [6.45, 7) is 2.02. The average Bonchev–Trinajstić information content (AvgIpc) is 2.63. The standard InChI is InChI=1S/C20H24N2O3S/c1-15(23)26-14-20(25)21-13-6-2-3-12-19(24)22-18-11-7-9-16-8-4-5-10-17(16)18/h4-5,7-11H,2-3,6,12-14H2,1H3,(H,21,25)(H,22,24). The lowest BCUT2D eigenvalue weighted by Gasteiger charge is -2.09. The maximum atomic E-state index is 12.1. The van der Waals surface area contributed by atoms with Crippen molar-refractivity contribution >= 4 is 45.2 Å². The maximum Gasteiger partial charge on any atom is 0.230 e. The third-order valence-corrected chi connectivity index (χ3v) is 4.69. The summed E-state index contributed by atoms with van der Waals surface area (Å²) in [7, 11) is 0. The van der Waals surface area contributed by atoms with Crippen molar-refractivity contribution in [2.45, 2.75) is 32.6 Å². The molecule has 0 saturated carbocycles. The van der Waals surface area contributed by atoms with Gasteiger partial charge < -0.3 is 10.6 Å². The van der Waals surface area contributed by atoms with E-state index in [-0.39, 0.29) is 22.7 Å². The number of carbonyl (C=O) groups excluding carboxylic acids is 3. The fourth-order valence-corrected chi connectivity index (χ4v) is 3.02. The molecule has 2 aromatic carbocycles. The topological polar surface area (TPSA) is 75.3 Å². The lowest BCUT2D eigenvalue weighted by molar-refractivity contribution is -0.119. The van der Waals surface area contributed by atoms with Crippen molar-refractivity contribution in [2.75, 3.05) is 17.6 Å². The first-order valence-electron chi connectivity index (χ1n) is 8.74. The molecule has 2 rings (SSSR count). The molecule has 0 radical (unpaired) electrons. The van der Waals surface area contributed by atoms with Gasteiger partial charge in [-0.1, -0.05) is 54.6 Å². The number of carbonyl (C=O) groups is 3. The monoisotopic (exact) mass is 372 g/mol. The van der Waals surface area contributed by atoms with Gasteiger partial charge in [0.1, 0.15) is 0 Å². The van der Waals surface area contributed by atoms with Crippen molar-refractivity contribution in [2.24, 2.45) is 0 Å². The minimum absolute atomic E-state index is 0.00301. The molecule has 0 aliphatic rings. The third kappa shape index (κ3) is 6.88. The molecule has 0 fully saturated rings. The highest BCUT2D eigenvalue weighted by Gasteiger charge is 2.06. The second-order valence-corrected chi connectivity index (χ2v) is 7.17. The number of hydrogen-bond donors (Lipinski definition) is 2. The van der Waals surface area contributed by atoms with Crippen LogP contribution in [0.3, 0.4) is 0 Å². The Hall–Kier alpha value is -2.34. The number of hydrogen-bond acceptors (Lipinski definition) is 4.